The lowest BCUT2D eigenvalue weighted by molar-refractivity contribution is -0.120. The van der Waals surface area contributed by atoms with Crippen molar-refractivity contribution in [3.63, 3.8) is 0 Å². The van der Waals surface area contributed by atoms with Gasteiger partial charge in [0, 0.05) is 22.9 Å². The maximum Gasteiger partial charge on any atom is 0.233 e. The number of aryl methyl sites for hydroxylation is 1. The third-order valence-electron chi connectivity index (χ3n) is 2.77. The molecular weight excluding hydrogens is 345 g/mol. The van der Waals surface area contributed by atoms with Crippen molar-refractivity contribution in [1.82, 2.24) is 15.5 Å². The van der Waals surface area contributed by atoms with Crippen molar-refractivity contribution in [2.45, 2.75) is 30.4 Å². The van der Waals surface area contributed by atoms with Gasteiger partial charge < -0.3 is 9.84 Å². The Morgan fingerprint density at radius 1 is 1.45 bits per heavy atom. The predicted molar refractivity (Wildman–Crippen MR) is 87.5 cm³/mol. The van der Waals surface area contributed by atoms with Gasteiger partial charge in [-0.15, -0.1) is 11.8 Å². The van der Waals surface area contributed by atoms with Crippen LogP contribution in [0, 0.1) is 6.92 Å². The van der Waals surface area contributed by atoms with E-state index in [9.17, 15) is 4.79 Å². The Morgan fingerprint density at radius 3 is 2.91 bits per heavy atom. The molecule has 8 heteroatoms. The molecule has 1 heterocycles. The van der Waals surface area contributed by atoms with Crippen molar-refractivity contribution in [2.75, 3.05) is 6.54 Å². The third-order valence-corrected chi connectivity index (χ3v) is 4.61. The largest absolute Gasteiger partial charge is 0.355 e. The summed E-state index contributed by atoms with van der Waals surface area (Å²) < 4.78 is 4.98. The molecule has 118 valence electrons. The highest BCUT2D eigenvalue weighted by Gasteiger charge is 2.16. The van der Waals surface area contributed by atoms with E-state index in [0.717, 1.165) is 4.90 Å². The van der Waals surface area contributed by atoms with Gasteiger partial charge in [0.1, 0.15) is 0 Å². The van der Waals surface area contributed by atoms with E-state index in [1.807, 2.05) is 6.92 Å². The number of rotatable bonds is 6. The Bertz CT molecular complexity index is 663. The highest BCUT2D eigenvalue weighted by Crippen LogP contribution is 2.32. The number of amides is 1. The first kappa shape index (κ1) is 17.1. The van der Waals surface area contributed by atoms with E-state index in [-0.39, 0.29) is 11.2 Å². The Hall–Kier alpha value is -1.24. The summed E-state index contributed by atoms with van der Waals surface area (Å²) in [6, 6.07) is 5.18. The van der Waals surface area contributed by atoms with Gasteiger partial charge in [0.25, 0.3) is 0 Å². The standard InChI is InChI=1S/C14H15Cl2N3O2S/c1-8(22-12-7-10(15)3-4-11(12)16)14(20)17-6-5-13-18-9(2)19-21-13/h3-4,7-8H,5-6H2,1-2H3,(H,17,20). The second-order valence-electron chi connectivity index (χ2n) is 4.61. The van der Waals surface area contributed by atoms with E-state index < -0.39 is 0 Å². The molecule has 0 fully saturated rings. The number of nitrogens with one attached hydrogen (secondary N) is 1. The van der Waals surface area contributed by atoms with Gasteiger partial charge in [-0.3, -0.25) is 4.79 Å². The van der Waals surface area contributed by atoms with Crippen LogP contribution < -0.4 is 5.32 Å². The molecule has 0 saturated carbocycles. The Kier molecular flexibility index (Phi) is 6.11. The Morgan fingerprint density at radius 2 is 2.23 bits per heavy atom. The lowest BCUT2D eigenvalue weighted by atomic mass is 10.4. The molecule has 0 spiro atoms. The summed E-state index contributed by atoms with van der Waals surface area (Å²) in [4.78, 5) is 16.9. The first-order valence-electron chi connectivity index (χ1n) is 6.64. The van der Waals surface area contributed by atoms with Crippen molar-refractivity contribution in [3.8, 4) is 0 Å². The number of aromatic nitrogens is 2. The van der Waals surface area contributed by atoms with Crippen LogP contribution in [0.1, 0.15) is 18.6 Å². The fourth-order valence-electron chi connectivity index (χ4n) is 1.69. The van der Waals surface area contributed by atoms with Crippen molar-refractivity contribution < 1.29 is 9.32 Å². The molecule has 1 N–H and O–H groups in total. The number of hydrogen-bond acceptors (Lipinski definition) is 5. The minimum absolute atomic E-state index is 0.0859. The molecule has 1 aromatic carbocycles. The van der Waals surface area contributed by atoms with Crippen LogP contribution in [0.3, 0.4) is 0 Å². The monoisotopic (exact) mass is 359 g/mol. The minimum Gasteiger partial charge on any atom is -0.355 e. The van der Waals surface area contributed by atoms with Gasteiger partial charge in [-0.25, -0.2) is 0 Å². The SMILES string of the molecule is Cc1noc(CCNC(=O)C(C)Sc2cc(Cl)ccc2Cl)n1. The quantitative estimate of drug-likeness (QED) is 0.799. The maximum absolute atomic E-state index is 12.1. The van der Waals surface area contributed by atoms with E-state index in [1.54, 1.807) is 25.1 Å². The third kappa shape index (κ3) is 4.90. The van der Waals surface area contributed by atoms with E-state index in [1.165, 1.54) is 11.8 Å². The number of benzene rings is 1. The average molecular weight is 360 g/mol. The zero-order chi connectivity index (χ0) is 16.1. The molecule has 1 unspecified atom stereocenters. The Labute approximate surface area is 142 Å². The van der Waals surface area contributed by atoms with Gasteiger partial charge in [0.2, 0.25) is 11.8 Å². The second-order valence-corrected chi connectivity index (χ2v) is 6.84. The maximum atomic E-state index is 12.1. The molecule has 0 aliphatic carbocycles. The van der Waals surface area contributed by atoms with Crippen LogP contribution in [0.25, 0.3) is 0 Å². The summed E-state index contributed by atoms with van der Waals surface area (Å²) in [5.41, 5.74) is 0. The summed E-state index contributed by atoms with van der Waals surface area (Å²) in [5, 5.41) is 7.40. The molecule has 2 aromatic rings. The molecule has 5 nitrogen and oxygen atoms in total. The van der Waals surface area contributed by atoms with Gasteiger partial charge in [-0.05, 0) is 32.0 Å². The normalized spacial score (nSPS) is 12.2. The van der Waals surface area contributed by atoms with Crippen LogP contribution in [-0.4, -0.2) is 27.8 Å². The van der Waals surface area contributed by atoms with E-state index in [2.05, 4.69) is 15.5 Å². The topological polar surface area (TPSA) is 68.0 Å². The van der Waals surface area contributed by atoms with Gasteiger partial charge in [0.05, 0.1) is 10.3 Å². The lowest BCUT2D eigenvalue weighted by Gasteiger charge is -2.12. The molecule has 0 saturated heterocycles. The van der Waals surface area contributed by atoms with E-state index in [0.29, 0.717) is 34.7 Å². The fraction of sp³-hybridized carbons (Fsp3) is 0.357. The zero-order valence-electron chi connectivity index (χ0n) is 12.1. The molecule has 0 bridgehead atoms. The molecule has 1 amide bonds. The molecular formula is C14H15Cl2N3O2S. The summed E-state index contributed by atoms with van der Waals surface area (Å²) in [5.74, 6) is 1.01. The van der Waals surface area contributed by atoms with E-state index in [4.69, 9.17) is 27.7 Å². The summed E-state index contributed by atoms with van der Waals surface area (Å²) in [6.07, 6.45) is 0.502. The Balaban J connectivity index is 1.82. The van der Waals surface area contributed by atoms with Crippen molar-refractivity contribution in [2.24, 2.45) is 0 Å². The van der Waals surface area contributed by atoms with Gasteiger partial charge in [-0.1, -0.05) is 28.4 Å². The molecule has 22 heavy (non-hydrogen) atoms. The number of carbonyl (C=O) groups excluding carboxylic acids is 1. The summed E-state index contributed by atoms with van der Waals surface area (Å²) >= 11 is 13.4. The minimum atomic E-state index is -0.291. The number of halogens is 2. The smallest absolute Gasteiger partial charge is 0.233 e. The molecule has 0 aliphatic rings. The van der Waals surface area contributed by atoms with Crippen LogP contribution in [0.15, 0.2) is 27.6 Å². The predicted octanol–water partition coefficient (Wildman–Crippen LogP) is 3.52. The summed E-state index contributed by atoms with van der Waals surface area (Å²) in [7, 11) is 0. The van der Waals surface area contributed by atoms with Crippen molar-refractivity contribution in [1.29, 1.82) is 0 Å². The molecule has 0 aliphatic heterocycles. The number of nitrogens with zero attached hydrogens (tertiary/aromatic N) is 2. The first-order chi connectivity index (χ1) is 10.5. The zero-order valence-corrected chi connectivity index (χ0v) is 14.4. The van der Waals surface area contributed by atoms with Crippen LogP contribution >= 0.6 is 35.0 Å². The molecule has 1 aromatic heterocycles. The van der Waals surface area contributed by atoms with Crippen molar-refractivity contribution in [3.05, 3.63) is 40.0 Å². The average Bonchev–Trinajstić information content (AvgIpc) is 2.88. The van der Waals surface area contributed by atoms with Crippen LogP contribution in [0.5, 0.6) is 0 Å². The first-order valence-corrected chi connectivity index (χ1v) is 8.28. The van der Waals surface area contributed by atoms with Crippen LogP contribution in [0.2, 0.25) is 10.0 Å². The number of hydrogen-bond donors (Lipinski definition) is 1. The molecule has 2 rings (SSSR count). The highest BCUT2D eigenvalue weighted by molar-refractivity contribution is 8.00. The lowest BCUT2D eigenvalue weighted by Crippen LogP contribution is -2.32. The van der Waals surface area contributed by atoms with Gasteiger partial charge in [-0.2, -0.15) is 4.98 Å². The van der Waals surface area contributed by atoms with Crippen molar-refractivity contribution >= 4 is 40.9 Å². The fourth-order valence-corrected chi connectivity index (χ4v) is 3.12. The number of thioether (sulfide) groups is 1. The van der Waals surface area contributed by atoms with Crippen LogP contribution in [0.4, 0.5) is 0 Å². The molecule has 0 radical (unpaired) electrons. The van der Waals surface area contributed by atoms with E-state index >= 15 is 0 Å². The molecule has 1 atom stereocenters. The van der Waals surface area contributed by atoms with Gasteiger partial charge >= 0.3 is 0 Å². The van der Waals surface area contributed by atoms with Crippen LogP contribution in [-0.2, 0) is 11.2 Å². The van der Waals surface area contributed by atoms with Gasteiger partial charge in [0.15, 0.2) is 5.82 Å². The second kappa shape index (κ2) is 7.85. The summed E-state index contributed by atoms with van der Waals surface area (Å²) in [6.45, 7) is 4.00. The highest BCUT2D eigenvalue weighted by atomic mass is 35.5. The number of carbonyl (C=O) groups is 1.